The number of nitrogens with zero attached hydrogens (tertiary/aromatic N) is 1. The summed E-state index contributed by atoms with van der Waals surface area (Å²) in [7, 11) is 0. The van der Waals surface area contributed by atoms with Crippen LogP contribution in [0.2, 0.25) is 0 Å². The molecule has 3 N–H and O–H groups in total. The molecule has 158 valence electrons. The molecule has 0 radical (unpaired) electrons. The summed E-state index contributed by atoms with van der Waals surface area (Å²) < 4.78 is 5.74. The van der Waals surface area contributed by atoms with Gasteiger partial charge in [0, 0.05) is 31.8 Å². The minimum Gasteiger partial charge on any atom is -0.491 e. The number of nitrogens with one attached hydrogen (secondary N) is 3. The van der Waals surface area contributed by atoms with Crippen LogP contribution in [0, 0.1) is 10.1 Å². The lowest BCUT2D eigenvalue weighted by Crippen LogP contribution is -2.22. The fraction of sp³-hybridized carbons (Fsp3) is 0.400. The monoisotopic (exact) mass is 404 g/mol. The highest BCUT2D eigenvalue weighted by Crippen LogP contribution is 2.29. The topological polar surface area (TPSA) is 123 Å². The van der Waals surface area contributed by atoms with E-state index >= 15 is 0 Å². The van der Waals surface area contributed by atoms with Crippen LogP contribution in [0.25, 0.3) is 0 Å². The van der Waals surface area contributed by atoms with Gasteiger partial charge in [0.1, 0.15) is 5.75 Å². The average Bonchev–Trinajstić information content (AvgIpc) is 2.72. The van der Waals surface area contributed by atoms with E-state index in [2.05, 4.69) is 29.1 Å². The third-order valence-electron chi connectivity index (χ3n) is 3.89. The number of rotatable bonds is 15. The Kier molecular flexibility index (Phi) is 11.2. The second-order valence-corrected chi connectivity index (χ2v) is 6.12. The summed E-state index contributed by atoms with van der Waals surface area (Å²) in [6.07, 6.45) is 5.43. The van der Waals surface area contributed by atoms with Gasteiger partial charge in [0.05, 0.1) is 17.2 Å². The van der Waals surface area contributed by atoms with Crippen LogP contribution in [0.4, 0.5) is 11.4 Å². The molecule has 9 nitrogen and oxygen atoms in total. The Labute approximate surface area is 170 Å². The van der Waals surface area contributed by atoms with Crippen molar-refractivity contribution >= 4 is 23.2 Å². The molecule has 29 heavy (non-hydrogen) atoms. The molecule has 0 aliphatic carbocycles. The van der Waals surface area contributed by atoms with Crippen molar-refractivity contribution in [3.63, 3.8) is 0 Å². The Hall–Kier alpha value is -3.36. The maximum Gasteiger partial charge on any atom is 0.271 e. The Morgan fingerprint density at radius 1 is 1.00 bits per heavy atom. The number of non-ortho nitro benzene ring substituents is 1. The predicted molar refractivity (Wildman–Crippen MR) is 112 cm³/mol. The fourth-order valence-electron chi connectivity index (χ4n) is 2.35. The molecule has 0 atom stereocenters. The van der Waals surface area contributed by atoms with E-state index in [1.165, 1.54) is 24.3 Å². The smallest absolute Gasteiger partial charge is 0.271 e. The number of ether oxygens (including phenoxy) is 1. The summed E-state index contributed by atoms with van der Waals surface area (Å²) in [4.78, 5) is 32.7. The third-order valence-corrected chi connectivity index (χ3v) is 3.89. The largest absolute Gasteiger partial charge is 0.491 e. The number of hydrogen-bond acceptors (Lipinski definition) is 6. The lowest BCUT2D eigenvalue weighted by atomic mass is 10.2. The summed E-state index contributed by atoms with van der Waals surface area (Å²) in [5, 5.41) is 19.6. The van der Waals surface area contributed by atoms with Gasteiger partial charge in [0.25, 0.3) is 5.69 Å². The van der Waals surface area contributed by atoms with Gasteiger partial charge >= 0.3 is 0 Å². The van der Waals surface area contributed by atoms with Crippen LogP contribution < -0.4 is 20.7 Å². The van der Waals surface area contributed by atoms with E-state index in [1.54, 1.807) is 6.07 Å². The first-order valence-electron chi connectivity index (χ1n) is 9.43. The molecule has 1 rings (SSSR count). The number of benzene rings is 1. The highest BCUT2D eigenvalue weighted by molar-refractivity contribution is 5.87. The van der Waals surface area contributed by atoms with Crippen LogP contribution in [-0.2, 0) is 9.59 Å². The number of hydrogen-bond donors (Lipinski definition) is 3. The van der Waals surface area contributed by atoms with E-state index in [0.29, 0.717) is 37.7 Å². The van der Waals surface area contributed by atoms with Crippen molar-refractivity contribution in [3.8, 4) is 5.75 Å². The number of anilines is 1. The van der Waals surface area contributed by atoms with Gasteiger partial charge in [0.15, 0.2) is 0 Å². The van der Waals surface area contributed by atoms with Crippen molar-refractivity contribution in [1.29, 1.82) is 0 Å². The molecular formula is C20H28N4O5. The van der Waals surface area contributed by atoms with E-state index in [0.717, 1.165) is 25.7 Å². The molecular weight excluding hydrogens is 376 g/mol. The molecule has 1 aromatic rings. The van der Waals surface area contributed by atoms with Crippen LogP contribution in [0.15, 0.2) is 43.5 Å². The first-order valence-corrected chi connectivity index (χ1v) is 9.43. The molecule has 1 aromatic carbocycles. The van der Waals surface area contributed by atoms with Gasteiger partial charge in [-0.1, -0.05) is 13.2 Å². The summed E-state index contributed by atoms with van der Waals surface area (Å²) in [6, 6.07) is 4.42. The minimum atomic E-state index is -0.456. The van der Waals surface area contributed by atoms with E-state index in [4.69, 9.17) is 4.74 Å². The second kappa shape index (κ2) is 13.8. The van der Waals surface area contributed by atoms with Crippen molar-refractivity contribution in [2.45, 2.75) is 25.7 Å². The van der Waals surface area contributed by atoms with E-state index in [9.17, 15) is 19.7 Å². The highest BCUT2D eigenvalue weighted by atomic mass is 16.6. The zero-order valence-corrected chi connectivity index (χ0v) is 16.4. The molecule has 9 heteroatoms. The average molecular weight is 404 g/mol. The van der Waals surface area contributed by atoms with Crippen LogP contribution in [0.1, 0.15) is 25.7 Å². The van der Waals surface area contributed by atoms with Crippen molar-refractivity contribution in [3.05, 3.63) is 53.6 Å². The predicted octanol–water partition coefficient (Wildman–Crippen LogP) is 2.55. The molecule has 0 bridgehead atoms. The third kappa shape index (κ3) is 9.94. The van der Waals surface area contributed by atoms with Gasteiger partial charge in [-0.05, 0) is 43.9 Å². The molecule has 0 saturated carbocycles. The first kappa shape index (κ1) is 23.7. The Balaban J connectivity index is 2.47. The van der Waals surface area contributed by atoms with Crippen LogP contribution >= 0.6 is 0 Å². The standard InChI is InChI=1S/C20H28N4O5/c1-3-19(25)22-12-6-5-11-21-17-15-16(24(27)28)9-10-18(17)29-14-8-7-13-23-20(26)4-2/h3-4,9-10,15,21H,1-2,5-8,11-14H2,(H,22,25)(H,23,26). The molecule has 0 saturated heterocycles. The van der Waals surface area contributed by atoms with Gasteiger partial charge < -0.3 is 20.7 Å². The minimum absolute atomic E-state index is 0.0229. The molecule has 0 unspecified atom stereocenters. The Morgan fingerprint density at radius 3 is 2.17 bits per heavy atom. The quantitative estimate of drug-likeness (QED) is 0.179. The zero-order valence-electron chi connectivity index (χ0n) is 16.4. The Morgan fingerprint density at radius 2 is 1.59 bits per heavy atom. The Bertz CT molecular complexity index is 721. The number of unbranched alkanes of at least 4 members (excludes halogenated alkanes) is 2. The van der Waals surface area contributed by atoms with Crippen molar-refractivity contribution in [1.82, 2.24) is 10.6 Å². The summed E-state index contributed by atoms with van der Waals surface area (Å²) >= 11 is 0. The number of carbonyl (C=O) groups excluding carboxylic acids is 2. The van der Waals surface area contributed by atoms with Gasteiger partial charge in [-0.15, -0.1) is 0 Å². The van der Waals surface area contributed by atoms with Crippen LogP contribution in [-0.4, -0.2) is 43.0 Å². The number of nitro benzene ring substituents is 1. The maximum atomic E-state index is 11.1. The molecule has 0 aromatic heterocycles. The summed E-state index contributed by atoms with van der Waals surface area (Å²) in [5.74, 6) is 0.110. The fourth-order valence-corrected chi connectivity index (χ4v) is 2.35. The molecule has 0 fully saturated rings. The van der Waals surface area contributed by atoms with Crippen molar-refractivity contribution < 1.29 is 19.2 Å². The number of amides is 2. The van der Waals surface area contributed by atoms with Gasteiger partial charge in [-0.3, -0.25) is 19.7 Å². The van der Waals surface area contributed by atoms with Crippen molar-refractivity contribution in [2.24, 2.45) is 0 Å². The number of carbonyl (C=O) groups is 2. The molecule has 0 spiro atoms. The summed E-state index contributed by atoms with van der Waals surface area (Å²) in [6.45, 7) is 8.83. The first-order chi connectivity index (χ1) is 14.0. The SMILES string of the molecule is C=CC(=O)NCCCCNc1cc([N+](=O)[O-])ccc1OCCCCNC(=O)C=C. The highest BCUT2D eigenvalue weighted by Gasteiger charge is 2.11. The molecule has 2 amide bonds. The molecule has 0 aliphatic rings. The van der Waals surface area contributed by atoms with Crippen molar-refractivity contribution in [2.75, 3.05) is 31.6 Å². The lowest BCUT2D eigenvalue weighted by molar-refractivity contribution is -0.384. The number of nitro groups is 1. The summed E-state index contributed by atoms with van der Waals surface area (Å²) in [5.41, 5.74) is 0.527. The second-order valence-electron chi connectivity index (χ2n) is 6.12. The van der Waals surface area contributed by atoms with Crippen LogP contribution in [0.3, 0.4) is 0 Å². The lowest BCUT2D eigenvalue weighted by Gasteiger charge is -2.13. The van der Waals surface area contributed by atoms with Gasteiger partial charge in [-0.2, -0.15) is 0 Å². The van der Waals surface area contributed by atoms with Crippen LogP contribution in [0.5, 0.6) is 5.75 Å². The maximum absolute atomic E-state index is 11.1. The molecule has 0 aliphatic heterocycles. The normalized spacial score (nSPS) is 9.93. The van der Waals surface area contributed by atoms with E-state index < -0.39 is 4.92 Å². The van der Waals surface area contributed by atoms with E-state index in [-0.39, 0.29) is 17.5 Å². The van der Waals surface area contributed by atoms with Gasteiger partial charge in [-0.25, -0.2) is 0 Å². The zero-order chi connectivity index (χ0) is 21.5. The van der Waals surface area contributed by atoms with Gasteiger partial charge in [0.2, 0.25) is 11.8 Å². The molecule has 0 heterocycles. The van der Waals surface area contributed by atoms with E-state index in [1.807, 2.05) is 0 Å².